The number of rotatable bonds is 10. The maximum absolute atomic E-state index is 12.2. The first-order valence-corrected chi connectivity index (χ1v) is 10.8. The number of ether oxygens (including phenoxy) is 3. The van der Waals surface area contributed by atoms with Crippen LogP contribution in [0, 0.1) is 5.41 Å². The molecule has 0 saturated heterocycles. The lowest BCUT2D eigenvalue weighted by atomic mass is 9.87. The SMILES string of the molecule is COc1cc(CNc2nccc(Nc3c(N[C@H](C)C(C)(C)C)c(=O)c3=O)n2)cc(OC)c1OC. The van der Waals surface area contributed by atoms with Crippen LogP contribution in [0.4, 0.5) is 23.1 Å². The van der Waals surface area contributed by atoms with Crippen LogP contribution in [-0.4, -0.2) is 37.3 Å². The van der Waals surface area contributed by atoms with Gasteiger partial charge < -0.3 is 30.2 Å². The van der Waals surface area contributed by atoms with E-state index in [2.05, 4.69) is 46.7 Å². The lowest BCUT2D eigenvalue weighted by Crippen LogP contribution is -2.41. The summed E-state index contributed by atoms with van der Waals surface area (Å²) in [6, 6.07) is 5.26. The summed E-state index contributed by atoms with van der Waals surface area (Å²) < 4.78 is 16.1. The van der Waals surface area contributed by atoms with Crippen molar-refractivity contribution in [1.82, 2.24) is 9.97 Å². The van der Waals surface area contributed by atoms with Gasteiger partial charge in [0.25, 0.3) is 10.9 Å². The minimum atomic E-state index is -0.575. The number of anilines is 4. The van der Waals surface area contributed by atoms with Crippen molar-refractivity contribution < 1.29 is 14.2 Å². The van der Waals surface area contributed by atoms with Gasteiger partial charge in [0, 0.05) is 18.8 Å². The molecule has 34 heavy (non-hydrogen) atoms. The molecular formula is C24H31N5O5. The van der Waals surface area contributed by atoms with E-state index in [-0.39, 0.29) is 22.8 Å². The second kappa shape index (κ2) is 9.98. The highest BCUT2D eigenvalue weighted by Crippen LogP contribution is 2.38. The highest BCUT2D eigenvalue weighted by atomic mass is 16.5. The molecule has 0 aliphatic heterocycles. The van der Waals surface area contributed by atoms with Gasteiger partial charge in [-0.05, 0) is 36.1 Å². The molecule has 0 unspecified atom stereocenters. The van der Waals surface area contributed by atoms with Crippen LogP contribution in [0.5, 0.6) is 17.2 Å². The number of hydrogen-bond donors (Lipinski definition) is 3. The van der Waals surface area contributed by atoms with Crippen LogP contribution in [0.3, 0.4) is 0 Å². The zero-order valence-electron chi connectivity index (χ0n) is 20.5. The van der Waals surface area contributed by atoms with E-state index in [1.165, 1.54) is 0 Å². The normalized spacial score (nSPS) is 12.2. The second-order valence-electron chi connectivity index (χ2n) is 8.92. The largest absolute Gasteiger partial charge is 0.493 e. The van der Waals surface area contributed by atoms with Gasteiger partial charge in [0.05, 0.1) is 21.3 Å². The zero-order valence-corrected chi connectivity index (χ0v) is 20.5. The van der Waals surface area contributed by atoms with Gasteiger partial charge in [-0.2, -0.15) is 4.98 Å². The van der Waals surface area contributed by atoms with Crippen LogP contribution in [0.25, 0.3) is 0 Å². The predicted octanol–water partition coefficient (Wildman–Crippen LogP) is 3.30. The number of methoxy groups -OCH3 is 3. The summed E-state index contributed by atoms with van der Waals surface area (Å²) in [5, 5.41) is 9.24. The quantitative estimate of drug-likeness (QED) is 0.381. The maximum atomic E-state index is 12.2. The summed E-state index contributed by atoms with van der Waals surface area (Å²) in [5.74, 6) is 2.32. The average Bonchev–Trinajstić information content (AvgIpc) is 2.83. The Bertz CT molecular complexity index is 1200. The number of hydrogen-bond acceptors (Lipinski definition) is 10. The van der Waals surface area contributed by atoms with Crippen molar-refractivity contribution in [3.63, 3.8) is 0 Å². The molecule has 1 aromatic heterocycles. The third kappa shape index (κ3) is 5.22. The maximum Gasteiger partial charge on any atom is 0.253 e. The van der Waals surface area contributed by atoms with Crippen molar-refractivity contribution >= 4 is 23.1 Å². The Morgan fingerprint density at radius 1 is 0.971 bits per heavy atom. The second-order valence-corrected chi connectivity index (χ2v) is 8.92. The van der Waals surface area contributed by atoms with Gasteiger partial charge in [-0.15, -0.1) is 0 Å². The number of aromatic nitrogens is 2. The van der Waals surface area contributed by atoms with Crippen molar-refractivity contribution in [2.45, 2.75) is 40.3 Å². The molecule has 1 atom stereocenters. The number of nitrogens with zero attached hydrogens (tertiary/aromatic N) is 2. The van der Waals surface area contributed by atoms with Gasteiger partial charge >= 0.3 is 0 Å². The molecule has 3 N–H and O–H groups in total. The molecule has 2 aromatic carbocycles. The molecule has 0 saturated carbocycles. The smallest absolute Gasteiger partial charge is 0.253 e. The monoisotopic (exact) mass is 469 g/mol. The Hall–Kier alpha value is -3.82. The summed E-state index contributed by atoms with van der Waals surface area (Å²) in [7, 11) is 4.66. The first-order valence-electron chi connectivity index (χ1n) is 10.8. The van der Waals surface area contributed by atoms with E-state index in [0.29, 0.717) is 35.6 Å². The Labute approximate surface area is 198 Å². The number of nitrogens with one attached hydrogen (secondary N) is 3. The molecule has 0 spiro atoms. The Kier molecular flexibility index (Phi) is 7.29. The van der Waals surface area contributed by atoms with E-state index in [1.54, 1.807) is 33.6 Å². The van der Waals surface area contributed by atoms with E-state index in [0.717, 1.165) is 5.56 Å². The summed E-state index contributed by atoms with van der Waals surface area (Å²) in [5.41, 5.74) is 0.146. The van der Waals surface area contributed by atoms with Crippen molar-refractivity contribution in [2.75, 3.05) is 37.3 Å². The third-order valence-electron chi connectivity index (χ3n) is 5.65. The molecule has 10 heteroatoms. The molecule has 0 bridgehead atoms. The van der Waals surface area contributed by atoms with Crippen LogP contribution in [-0.2, 0) is 6.54 Å². The first kappa shape index (κ1) is 24.8. The summed E-state index contributed by atoms with van der Waals surface area (Å²) >= 11 is 0. The Morgan fingerprint density at radius 2 is 1.59 bits per heavy atom. The van der Waals surface area contributed by atoms with Crippen molar-refractivity contribution in [2.24, 2.45) is 5.41 Å². The molecule has 0 aliphatic rings. The van der Waals surface area contributed by atoms with E-state index in [1.807, 2.05) is 19.1 Å². The molecule has 3 rings (SSSR count). The van der Waals surface area contributed by atoms with Crippen molar-refractivity contribution in [1.29, 1.82) is 0 Å². The fourth-order valence-corrected chi connectivity index (χ4v) is 3.14. The van der Waals surface area contributed by atoms with E-state index >= 15 is 0 Å². The standard InChI is InChI=1S/C24H31N5O5/c1-13(24(2,3)4)27-18-19(21(31)20(18)30)28-17-8-9-25-23(29-17)26-12-14-10-15(32-5)22(34-7)16(11-14)33-6/h8-11,13,27H,12H2,1-7H3,(H2,25,26,28,29)/t13-/m1/s1. The van der Waals surface area contributed by atoms with Gasteiger partial charge in [0.1, 0.15) is 17.2 Å². The molecule has 0 aliphatic carbocycles. The fourth-order valence-electron chi connectivity index (χ4n) is 3.14. The summed E-state index contributed by atoms with van der Waals surface area (Å²) in [4.78, 5) is 32.9. The van der Waals surface area contributed by atoms with Gasteiger partial charge in [-0.3, -0.25) is 9.59 Å². The zero-order chi connectivity index (χ0) is 25.0. The third-order valence-corrected chi connectivity index (χ3v) is 5.65. The molecule has 0 radical (unpaired) electrons. The lowest BCUT2D eigenvalue weighted by molar-refractivity contribution is 0.324. The van der Waals surface area contributed by atoms with Crippen molar-refractivity contribution in [3.8, 4) is 17.2 Å². The van der Waals surface area contributed by atoms with Crippen LogP contribution < -0.4 is 41.0 Å². The highest BCUT2D eigenvalue weighted by Gasteiger charge is 2.27. The molecule has 0 amide bonds. The molecule has 0 fully saturated rings. The molecule has 10 nitrogen and oxygen atoms in total. The van der Waals surface area contributed by atoms with Crippen molar-refractivity contribution in [3.05, 3.63) is 50.4 Å². The topological polar surface area (TPSA) is 124 Å². The Morgan fingerprint density at radius 3 is 2.15 bits per heavy atom. The van der Waals surface area contributed by atoms with Gasteiger partial charge in [0.15, 0.2) is 11.5 Å². The Balaban J connectivity index is 1.75. The predicted molar refractivity (Wildman–Crippen MR) is 133 cm³/mol. The first-order chi connectivity index (χ1) is 16.1. The molecular weight excluding hydrogens is 438 g/mol. The van der Waals surface area contributed by atoms with Crippen LogP contribution in [0.2, 0.25) is 0 Å². The van der Waals surface area contributed by atoms with Crippen LogP contribution in [0.15, 0.2) is 34.0 Å². The minimum Gasteiger partial charge on any atom is -0.493 e. The van der Waals surface area contributed by atoms with Crippen LogP contribution >= 0.6 is 0 Å². The minimum absolute atomic E-state index is 0.0162. The molecule has 1 heterocycles. The average molecular weight is 470 g/mol. The number of benzene rings is 1. The van der Waals surface area contributed by atoms with Crippen LogP contribution in [0.1, 0.15) is 33.3 Å². The summed E-state index contributed by atoms with van der Waals surface area (Å²) in [6.45, 7) is 8.52. The van der Waals surface area contributed by atoms with Gasteiger partial charge in [0.2, 0.25) is 11.7 Å². The van der Waals surface area contributed by atoms with E-state index < -0.39 is 10.9 Å². The molecule has 3 aromatic rings. The summed E-state index contributed by atoms with van der Waals surface area (Å²) in [6.07, 6.45) is 1.56. The fraction of sp³-hybridized carbons (Fsp3) is 0.417. The molecule has 182 valence electrons. The van der Waals surface area contributed by atoms with Gasteiger partial charge in [-0.1, -0.05) is 20.8 Å². The van der Waals surface area contributed by atoms with E-state index in [4.69, 9.17) is 14.2 Å². The van der Waals surface area contributed by atoms with Gasteiger partial charge in [-0.25, -0.2) is 4.98 Å². The lowest BCUT2D eigenvalue weighted by Gasteiger charge is -2.30. The highest BCUT2D eigenvalue weighted by molar-refractivity contribution is 5.78. The van der Waals surface area contributed by atoms with E-state index in [9.17, 15) is 9.59 Å².